The minimum atomic E-state index is -3.65. The van der Waals surface area contributed by atoms with E-state index in [2.05, 4.69) is 20.7 Å². The van der Waals surface area contributed by atoms with Gasteiger partial charge in [0.05, 0.1) is 14.9 Å². The van der Waals surface area contributed by atoms with Crippen molar-refractivity contribution >= 4 is 55.1 Å². The van der Waals surface area contributed by atoms with Crippen LogP contribution in [-0.4, -0.2) is 32.8 Å². The highest BCUT2D eigenvalue weighted by atomic mass is 79.9. The number of carbonyl (C=O) groups is 1. The summed E-state index contributed by atoms with van der Waals surface area (Å²) in [7, 11) is -2.02. The molecule has 9 heteroatoms. The molecule has 0 saturated carbocycles. The van der Waals surface area contributed by atoms with Gasteiger partial charge in [0.15, 0.2) is 0 Å². The molecule has 1 amide bonds. The van der Waals surface area contributed by atoms with Crippen molar-refractivity contribution in [2.45, 2.75) is 17.9 Å². The molecule has 0 heterocycles. The van der Waals surface area contributed by atoms with Crippen molar-refractivity contribution in [2.75, 3.05) is 13.6 Å². The second-order valence-electron chi connectivity index (χ2n) is 5.56. The second-order valence-corrected chi connectivity index (χ2v) is 9.03. The van der Waals surface area contributed by atoms with Crippen LogP contribution in [0.2, 0.25) is 10.0 Å². The van der Waals surface area contributed by atoms with E-state index in [4.69, 9.17) is 23.2 Å². The maximum atomic E-state index is 12.2. The molecule has 0 aliphatic carbocycles. The minimum Gasteiger partial charge on any atom is -0.341 e. The predicted octanol–water partition coefficient (Wildman–Crippen LogP) is 4.08. The van der Waals surface area contributed by atoms with Crippen LogP contribution in [0.25, 0.3) is 0 Å². The van der Waals surface area contributed by atoms with E-state index < -0.39 is 10.0 Å². The Balaban J connectivity index is 1.89. The number of hydrogen-bond acceptors (Lipinski definition) is 3. The number of amides is 1. The van der Waals surface area contributed by atoms with Gasteiger partial charge in [-0.1, -0.05) is 51.3 Å². The van der Waals surface area contributed by atoms with E-state index in [9.17, 15) is 13.2 Å². The van der Waals surface area contributed by atoms with Crippen LogP contribution in [0, 0.1) is 0 Å². The highest BCUT2D eigenvalue weighted by Gasteiger charge is 2.16. The molecule has 0 aliphatic heterocycles. The summed E-state index contributed by atoms with van der Waals surface area (Å²) in [6.07, 6.45) is 0.0322. The highest BCUT2D eigenvalue weighted by Crippen LogP contribution is 2.26. The van der Waals surface area contributed by atoms with Gasteiger partial charge in [-0.2, -0.15) is 0 Å². The number of nitrogens with zero attached hydrogens (tertiary/aromatic N) is 1. The molecule has 5 nitrogen and oxygen atoms in total. The zero-order valence-electron chi connectivity index (χ0n) is 13.9. The van der Waals surface area contributed by atoms with Crippen LogP contribution in [0.3, 0.4) is 0 Å². The van der Waals surface area contributed by atoms with Gasteiger partial charge >= 0.3 is 0 Å². The first-order valence-electron chi connectivity index (χ1n) is 7.63. The van der Waals surface area contributed by atoms with E-state index in [1.54, 1.807) is 37.4 Å². The predicted molar refractivity (Wildman–Crippen MR) is 107 cm³/mol. The molecule has 0 unspecified atom stereocenters. The van der Waals surface area contributed by atoms with Gasteiger partial charge in [0.1, 0.15) is 0 Å². The van der Waals surface area contributed by atoms with Gasteiger partial charge in [-0.15, -0.1) is 0 Å². The zero-order chi connectivity index (χ0) is 19.3. The van der Waals surface area contributed by atoms with Crippen molar-refractivity contribution in [3.8, 4) is 0 Å². The maximum absolute atomic E-state index is 12.2. The van der Waals surface area contributed by atoms with Gasteiger partial charge in [-0.05, 0) is 35.9 Å². The first-order chi connectivity index (χ1) is 12.2. The molecule has 26 heavy (non-hydrogen) atoms. The number of carbonyl (C=O) groups excluding carboxylic acids is 1. The Kier molecular flexibility index (Phi) is 7.49. The van der Waals surface area contributed by atoms with E-state index in [-0.39, 0.29) is 30.3 Å². The fourth-order valence-corrected chi connectivity index (χ4v) is 3.87. The van der Waals surface area contributed by atoms with Gasteiger partial charge in [0.2, 0.25) is 15.9 Å². The van der Waals surface area contributed by atoms with Crippen molar-refractivity contribution in [3.63, 3.8) is 0 Å². The Morgan fingerprint density at radius 2 is 1.81 bits per heavy atom. The lowest BCUT2D eigenvalue weighted by molar-refractivity contribution is -0.130. The minimum absolute atomic E-state index is 0.00481. The summed E-state index contributed by atoms with van der Waals surface area (Å²) >= 11 is 15.3. The Hall–Kier alpha value is -1.12. The van der Waals surface area contributed by atoms with Gasteiger partial charge in [-0.25, -0.2) is 13.1 Å². The largest absolute Gasteiger partial charge is 0.341 e. The average molecular weight is 480 g/mol. The second kappa shape index (κ2) is 9.19. The Morgan fingerprint density at radius 1 is 1.15 bits per heavy atom. The highest BCUT2D eigenvalue weighted by molar-refractivity contribution is 9.10. The van der Waals surface area contributed by atoms with E-state index in [0.29, 0.717) is 10.0 Å². The lowest BCUT2D eigenvalue weighted by Crippen LogP contribution is -2.32. The molecule has 0 atom stereocenters. The van der Waals surface area contributed by atoms with Crippen molar-refractivity contribution in [1.82, 2.24) is 9.62 Å². The third kappa shape index (κ3) is 5.69. The molecule has 0 aromatic heterocycles. The van der Waals surface area contributed by atoms with Gasteiger partial charge < -0.3 is 4.90 Å². The SMILES string of the molecule is CN(Cc1cccc(Cl)c1Cl)C(=O)CCNS(=O)(=O)c1ccc(Br)cc1. The lowest BCUT2D eigenvalue weighted by atomic mass is 10.2. The molecule has 140 valence electrons. The van der Waals surface area contributed by atoms with Crippen molar-refractivity contribution in [2.24, 2.45) is 0 Å². The summed E-state index contributed by atoms with van der Waals surface area (Å²) in [6, 6.07) is 11.5. The zero-order valence-corrected chi connectivity index (χ0v) is 17.8. The van der Waals surface area contributed by atoms with Crippen molar-refractivity contribution in [1.29, 1.82) is 0 Å². The number of rotatable bonds is 7. The number of sulfonamides is 1. The van der Waals surface area contributed by atoms with Crippen LogP contribution in [-0.2, 0) is 21.4 Å². The number of benzene rings is 2. The van der Waals surface area contributed by atoms with E-state index in [1.165, 1.54) is 17.0 Å². The molecular weight excluding hydrogens is 463 g/mol. The Morgan fingerprint density at radius 3 is 2.46 bits per heavy atom. The summed E-state index contributed by atoms with van der Waals surface area (Å²) in [4.78, 5) is 13.8. The molecular formula is C17H17BrCl2N2O3S. The van der Waals surface area contributed by atoms with Crippen LogP contribution in [0.4, 0.5) is 0 Å². The molecule has 0 radical (unpaired) electrons. The van der Waals surface area contributed by atoms with Crippen LogP contribution in [0.1, 0.15) is 12.0 Å². The van der Waals surface area contributed by atoms with E-state index in [1.807, 2.05) is 0 Å². The lowest BCUT2D eigenvalue weighted by Gasteiger charge is -2.18. The smallest absolute Gasteiger partial charge is 0.240 e. The van der Waals surface area contributed by atoms with E-state index >= 15 is 0 Å². The summed E-state index contributed by atoms with van der Waals surface area (Å²) in [6.45, 7) is 0.294. The fourth-order valence-electron chi connectivity index (χ4n) is 2.19. The van der Waals surface area contributed by atoms with Crippen LogP contribution in [0.5, 0.6) is 0 Å². The van der Waals surface area contributed by atoms with Crippen LogP contribution in [0.15, 0.2) is 51.8 Å². The molecule has 0 spiro atoms. The van der Waals surface area contributed by atoms with Gasteiger partial charge in [0, 0.05) is 31.0 Å². The topological polar surface area (TPSA) is 66.5 Å². The molecule has 0 fully saturated rings. The molecule has 1 N–H and O–H groups in total. The molecule has 2 rings (SSSR count). The third-order valence-electron chi connectivity index (χ3n) is 3.62. The summed E-state index contributed by atoms with van der Waals surface area (Å²) in [5, 5.41) is 0.831. The van der Waals surface area contributed by atoms with Crippen molar-refractivity contribution in [3.05, 3.63) is 62.5 Å². The van der Waals surface area contributed by atoms with Gasteiger partial charge in [0.25, 0.3) is 0 Å². The van der Waals surface area contributed by atoms with Crippen LogP contribution >= 0.6 is 39.1 Å². The Labute approximate surface area is 171 Å². The third-order valence-corrected chi connectivity index (χ3v) is 6.48. The number of hydrogen-bond donors (Lipinski definition) is 1. The van der Waals surface area contributed by atoms with E-state index in [0.717, 1.165) is 10.0 Å². The first kappa shape index (κ1) is 21.2. The molecule has 0 saturated heterocycles. The maximum Gasteiger partial charge on any atom is 0.240 e. The summed E-state index contributed by atoms with van der Waals surface area (Å²) in [5.41, 5.74) is 0.727. The number of nitrogens with one attached hydrogen (secondary N) is 1. The molecule has 2 aromatic carbocycles. The normalized spacial score (nSPS) is 11.4. The first-order valence-corrected chi connectivity index (χ1v) is 10.7. The number of halogens is 3. The molecule has 2 aromatic rings. The standard InChI is InChI=1S/C17H17BrCl2N2O3S/c1-22(11-12-3-2-4-15(19)17(12)20)16(23)9-10-21-26(24,25)14-7-5-13(18)6-8-14/h2-8,21H,9-11H2,1H3. The fraction of sp³-hybridized carbons (Fsp3) is 0.235. The van der Waals surface area contributed by atoms with Crippen LogP contribution < -0.4 is 4.72 Å². The monoisotopic (exact) mass is 478 g/mol. The quantitative estimate of drug-likeness (QED) is 0.650. The molecule has 0 aliphatic rings. The average Bonchev–Trinajstić information content (AvgIpc) is 2.59. The van der Waals surface area contributed by atoms with Gasteiger partial charge in [-0.3, -0.25) is 4.79 Å². The summed E-state index contributed by atoms with van der Waals surface area (Å²) < 4.78 is 27.6. The van der Waals surface area contributed by atoms with Crippen molar-refractivity contribution < 1.29 is 13.2 Å². The summed E-state index contributed by atoms with van der Waals surface area (Å²) in [5.74, 6) is -0.209. The molecule has 0 bridgehead atoms. The Bertz CT molecular complexity index is 889.